The maximum absolute atomic E-state index is 11.1. The van der Waals surface area contributed by atoms with Crippen LogP contribution in [0.2, 0.25) is 0 Å². The largest absolute Gasteiger partial charge is 0.490 e. The van der Waals surface area contributed by atoms with Gasteiger partial charge in [-0.1, -0.05) is 6.07 Å². The molecule has 1 unspecified atom stereocenters. The Morgan fingerprint density at radius 3 is 2.82 bits per heavy atom. The third-order valence-corrected chi connectivity index (χ3v) is 2.33. The van der Waals surface area contributed by atoms with Gasteiger partial charge in [0.15, 0.2) is 0 Å². The van der Waals surface area contributed by atoms with Gasteiger partial charge in [-0.25, -0.2) is 4.79 Å². The van der Waals surface area contributed by atoms with Crippen LogP contribution in [0.15, 0.2) is 18.2 Å². The lowest BCUT2D eigenvalue weighted by atomic mass is 10.1. The zero-order valence-electron chi connectivity index (χ0n) is 9.97. The Kier molecular flexibility index (Phi) is 4.78. The van der Waals surface area contributed by atoms with Crippen LogP contribution >= 0.6 is 0 Å². The highest BCUT2D eigenvalue weighted by molar-refractivity contribution is 5.96. The maximum atomic E-state index is 11.1. The zero-order chi connectivity index (χ0) is 12.8. The first-order chi connectivity index (χ1) is 8.06. The lowest BCUT2D eigenvalue weighted by Crippen LogP contribution is -2.16. The van der Waals surface area contributed by atoms with E-state index in [1.165, 1.54) is 6.07 Å². The van der Waals surface area contributed by atoms with Crippen molar-refractivity contribution in [2.24, 2.45) is 0 Å². The van der Waals surface area contributed by atoms with Crippen molar-refractivity contribution in [1.29, 1.82) is 0 Å². The Bertz CT molecular complexity index is 392. The fraction of sp³-hybridized carbons (Fsp3) is 0.417. The second-order valence-electron chi connectivity index (χ2n) is 3.74. The highest BCUT2D eigenvalue weighted by Crippen LogP contribution is 2.25. The van der Waals surface area contributed by atoms with Gasteiger partial charge in [-0.2, -0.15) is 0 Å². The summed E-state index contributed by atoms with van der Waals surface area (Å²) in [5.74, 6) is -0.793. The summed E-state index contributed by atoms with van der Waals surface area (Å²) in [5, 5.41) is 9.05. The van der Waals surface area contributed by atoms with Crippen LogP contribution in [-0.4, -0.2) is 30.9 Å². The molecule has 0 spiro atoms. The highest BCUT2D eigenvalue weighted by Gasteiger charge is 2.16. The van der Waals surface area contributed by atoms with Gasteiger partial charge in [0.1, 0.15) is 11.3 Å². The Balaban J connectivity index is 2.83. The average molecular weight is 239 g/mol. The standard InChI is InChI=1S/C12H17NO4/c1-8(6-7-16-2)17-10-5-3-4-9(13)11(10)12(14)15/h3-5,8H,6-7,13H2,1-2H3,(H,14,15). The van der Waals surface area contributed by atoms with E-state index in [1.807, 2.05) is 6.92 Å². The topological polar surface area (TPSA) is 81.8 Å². The van der Waals surface area contributed by atoms with Crippen LogP contribution in [0.5, 0.6) is 5.75 Å². The molecule has 17 heavy (non-hydrogen) atoms. The van der Waals surface area contributed by atoms with Gasteiger partial charge in [-0.05, 0) is 19.1 Å². The molecule has 0 bridgehead atoms. The summed E-state index contributed by atoms with van der Waals surface area (Å²) in [4.78, 5) is 11.1. The molecule has 5 nitrogen and oxygen atoms in total. The van der Waals surface area contributed by atoms with Crippen LogP contribution in [0.1, 0.15) is 23.7 Å². The average Bonchev–Trinajstić information content (AvgIpc) is 2.25. The smallest absolute Gasteiger partial charge is 0.341 e. The van der Waals surface area contributed by atoms with Gasteiger partial charge in [0.25, 0.3) is 0 Å². The maximum Gasteiger partial charge on any atom is 0.341 e. The molecule has 0 heterocycles. The Morgan fingerprint density at radius 1 is 1.53 bits per heavy atom. The monoisotopic (exact) mass is 239 g/mol. The number of carbonyl (C=O) groups is 1. The molecule has 0 aromatic heterocycles. The van der Waals surface area contributed by atoms with Gasteiger partial charge in [0.05, 0.1) is 6.10 Å². The number of nitrogen functional groups attached to an aromatic ring is 1. The highest BCUT2D eigenvalue weighted by atomic mass is 16.5. The molecule has 0 fully saturated rings. The number of carboxylic acids is 1. The molecule has 0 saturated carbocycles. The van der Waals surface area contributed by atoms with Crippen molar-refractivity contribution in [3.8, 4) is 5.75 Å². The van der Waals surface area contributed by atoms with Crippen molar-refractivity contribution >= 4 is 11.7 Å². The molecule has 0 saturated heterocycles. The number of hydrogen-bond donors (Lipinski definition) is 2. The predicted molar refractivity (Wildman–Crippen MR) is 64.4 cm³/mol. The minimum atomic E-state index is -1.09. The van der Waals surface area contributed by atoms with Crippen LogP contribution in [-0.2, 0) is 4.74 Å². The number of rotatable bonds is 6. The Hall–Kier alpha value is -1.75. The number of methoxy groups -OCH3 is 1. The molecule has 1 aromatic rings. The minimum Gasteiger partial charge on any atom is -0.490 e. The fourth-order valence-electron chi connectivity index (χ4n) is 1.43. The molecule has 1 aromatic carbocycles. The Morgan fingerprint density at radius 2 is 2.24 bits per heavy atom. The summed E-state index contributed by atoms with van der Waals surface area (Å²) in [6.07, 6.45) is 0.555. The summed E-state index contributed by atoms with van der Waals surface area (Å²) in [7, 11) is 1.61. The summed E-state index contributed by atoms with van der Waals surface area (Å²) in [6.45, 7) is 2.42. The lowest BCUT2D eigenvalue weighted by molar-refractivity contribution is 0.0689. The van der Waals surface area contributed by atoms with E-state index in [4.69, 9.17) is 20.3 Å². The van der Waals surface area contributed by atoms with E-state index in [0.29, 0.717) is 18.8 Å². The summed E-state index contributed by atoms with van der Waals surface area (Å²) >= 11 is 0. The van der Waals surface area contributed by atoms with Crippen molar-refractivity contribution in [2.45, 2.75) is 19.4 Å². The molecule has 5 heteroatoms. The molecule has 1 rings (SSSR count). The normalized spacial score (nSPS) is 12.1. The third kappa shape index (κ3) is 3.64. The third-order valence-electron chi connectivity index (χ3n) is 2.33. The second kappa shape index (κ2) is 6.10. The molecule has 0 radical (unpaired) electrons. The predicted octanol–water partition coefficient (Wildman–Crippen LogP) is 1.77. The van der Waals surface area contributed by atoms with E-state index in [2.05, 4.69) is 0 Å². The summed E-state index contributed by atoms with van der Waals surface area (Å²) in [5.41, 5.74) is 5.83. The lowest BCUT2D eigenvalue weighted by Gasteiger charge is -2.16. The Labute approximate surface area is 100 Å². The number of aromatic carboxylic acids is 1. The van der Waals surface area contributed by atoms with E-state index >= 15 is 0 Å². The number of ether oxygens (including phenoxy) is 2. The van der Waals surface area contributed by atoms with E-state index in [0.717, 1.165) is 0 Å². The molecule has 1 atom stereocenters. The molecule has 0 amide bonds. The number of anilines is 1. The van der Waals surface area contributed by atoms with Crippen LogP contribution in [0.4, 0.5) is 5.69 Å². The number of benzene rings is 1. The first-order valence-electron chi connectivity index (χ1n) is 5.33. The first kappa shape index (κ1) is 13.3. The van der Waals surface area contributed by atoms with Gasteiger partial charge in [0, 0.05) is 25.8 Å². The summed E-state index contributed by atoms with van der Waals surface area (Å²) in [6, 6.07) is 4.80. The van der Waals surface area contributed by atoms with E-state index in [1.54, 1.807) is 19.2 Å². The number of hydrogen-bond acceptors (Lipinski definition) is 4. The first-order valence-corrected chi connectivity index (χ1v) is 5.33. The molecule has 0 aliphatic heterocycles. The molecular weight excluding hydrogens is 222 g/mol. The molecule has 3 N–H and O–H groups in total. The van der Waals surface area contributed by atoms with E-state index in [-0.39, 0.29) is 17.4 Å². The van der Waals surface area contributed by atoms with E-state index in [9.17, 15) is 4.79 Å². The van der Waals surface area contributed by atoms with Crippen molar-refractivity contribution in [1.82, 2.24) is 0 Å². The van der Waals surface area contributed by atoms with Gasteiger partial charge < -0.3 is 20.3 Å². The van der Waals surface area contributed by atoms with Gasteiger partial charge >= 0.3 is 5.97 Å². The summed E-state index contributed by atoms with van der Waals surface area (Å²) < 4.78 is 10.5. The quantitative estimate of drug-likeness (QED) is 0.739. The molecule has 0 aliphatic rings. The fourth-order valence-corrected chi connectivity index (χ4v) is 1.43. The van der Waals surface area contributed by atoms with Crippen LogP contribution in [0.25, 0.3) is 0 Å². The van der Waals surface area contributed by atoms with Gasteiger partial charge in [-0.3, -0.25) is 0 Å². The SMILES string of the molecule is COCCC(C)Oc1cccc(N)c1C(=O)O. The minimum absolute atomic E-state index is 0.0109. The number of nitrogens with two attached hydrogens (primary N) is 1. The van der Waals surface area contributed by atoms with Gasteiger partial charge in [0.2, 0.25) is 0 Å². The van der Waals surface area contributed by atoms with Crippen molar-refractivity contribution in [2.75, 3.05) is 19.5 Å². The molecule has 0 aliphatic carbocycles. The van der Waals surface area contributed by atoms with Gasteiger partial charge in [-0.15, -0.1) is 0 Å². The molecule has 94 valence electrons. The number of carboxylic acid groups (broad SMARTS) is 1. The van der Waals surface area contributed by atoms with Crippen molar-refractivity contribution in [3.05, 3.63) is 23.8 Å². The van der Waals surface area contributed by atoms with Crippen LogP contribution in [0, 0.1) is 0 Å². The zero-order valence-corrected chi connectivity index (χ0v) is 9.97. The van der Waals surface area contributed by atoms with Crippen LogP contribution < -0.4 is 10.5 Å². The molecular formula is C12H17NO4. The second-order valence-corrected chi connectivity index (χ2v) is 3.74. The van der Waals surface area contributed by atoms with Crippen molar-refractivity contribution < 1.29 is 19.4 Å². The van der Waals surface area contributed by atoms with E-state index < -0.39 is 5.97 Å². The van der Waals surface area contributed by atoms with Crippen LogP contribution in [0.3, 0.4) is 0 Å². The van der Waals surface area contributed by atoms with Crippen molar-refractivity contribution in [3.63, 3.8) is 0 Å².